The fourth-order valence-corrected chi connectivity index (χ4v) is 2.00. The molecule has 0 saturated carbocycles. The predicted octanol–water partition coefficient (Wildman–Crippen LogP) is 3.18. The zero-order valence-electron chi connectivity index (χ0n) is 11.1. The van der Waals surface area contributed by atoms with Gasteiger partial charge >= 0.3 is 0 Å². The Morgan fingerprint density at radius 3 is 2.94 bits per heavy atom. The first-order chi connectivity index (χ1) is 8.74. The van der Waals surface area contributed by atoms with Crippen molar-refractivity contribution in [1.29, 1.82) is 0 Å². The maximum absolute atomic E-state index is 5.95. The van der Waals surface area contributed by atoms with Crippen LogP contribution in [0.4, 0.5) is 5.82 Å². The van der Waals surface area contributed by atoms with Crippen LogP contribution in [0.5, 0.6) is 5.75 Å². The van der Waals surface area contributed by atoms with Gasteiger partial charge in [-0.2, -0.15) is 0 Å². The van der Waals surface area contributed by atoms with Crippen molar-refractivity contribution >= 4 is 11.5 Å². The van der Waals surface area contributed by atoms with E-state index >= 15 is 0 Å². The molecule has 0 aromatic carbocycles. The molecule has 0 atom stereocenters. The summed E-state index contributed by atoms with van der Waals surface area (Å²) in [7, 11) is 0. The van der Waals surface area contributed by atoms with Crippen LogP contribution in [0, 0.1) is 6.92 Å². The van der Waals surface area contributed by atoms with E-state index in [1.54, 1.807) is 0 Å². The maximum Gasteiger partial charge on any atom is 0.181 e. The largest absolute Gasteiger partial charge is 0.490 e. The summed E-state index contributed by atoms with van der Waals surface area (Å²) >= 11 is 0. The zero-order chi connectivity index (χ0) is 13.0. The van der Waals surface area contributed by atoms with Gasteiger partial charge in [0.2, 0.25) is 0 Å². The van der Waals surface area contributed by atoms with Gasteiger partial charge in [0.05, 0.1) is 12.3 Å². The smallest absolute Gasteiger partial charge is 0.181 e. The third-order valence-electron chi connectivity index (χ3n) is 3.09. The Balaban J connectivity index is 2.06. The van der Waals surface area contributed by atoms with Gasteiger partial charge in [-0.25, -0.2) is 4.98 Å². The number of hydrogen-bond acceptors (Lipinski definition) is 3. The quantitative estimate of drug-likeness (QED) is 0.798. The van der Waals surface area contributed by atoms with Gasteiger partial charge in [0.15, 0.2) is 11.4 Å². The summed E-state index contributed by atoms with van der Waals surface area (Å²) in [6.07, 6.45) is 6.72. The van der Waals surface area contributed by atoms with Crippen LogP contribution in [0.1, 0.15) is 38.3 Å². The number of fused-ring (bicyclic) bond motifs is 1. The highest BCUT2D eigenvalue weighted by molar-refractivity contribution is 5.60. The summed E-state index contributed by atoms with van der Waals surface area (Å²) in [5.74, 6) is 1.50. The number of rotatable bonds is 6. The molecule has 2 aromatic heterocycles. The topological polar surface area (TPSA) is 52.5 Å². The number of nitrogens with zero attached hydrogens (tertiary/aromatic N) is 2. The molecule has 4 nitrogen and oxygen atoms in total. The second kappa shape index (κ2) is 5.76. The molecule has 0 bridgehead atoms. The number of aryl methyl sites for hydroxylation is 1. The highest BCUT2D eigenvalue weighted by Gasteiger charge is 2.09. The Morgan fingerprint density at radius 1 is 1.33 bits per heavy atom. The van der Waals surface area contributed by atoms with Crippen LogP contribution < -0.4 is 10.5 Å². The number of nitrogen functional groups attached to an aromatic ring is 1. The molecule has 0 saturated heterocycles. The number of nitrogens with two attached hydrogens (primary N) is 1. The summed E-state index contributed by atoms with van der Waals surface area (Å²) in [4.78, 5) is 4.44. The molecule has 0 spiro atoms. The van der Waals surface area contributed by atoms with Crippen molar-refractivity contribution < 1.29 is 4.74 Å². The predicted molar refractivity (Wildman–Crippen MR) is 74.0 cm³/mol. The third kappa shape index (κ3) is 2.58. The molecule has 0 aliphatic carbocycles. The van der Waals surface area contributed by atoms with Crippen LogP contribution >= 0.6 is 0 Å². The number of imidazole rings is 1. The van der Waals surface area contributed by atoms with Crippen LogP contribution in [0.3, 0.4) is 0 Å². The minimum absolute atomic E-state index is 0.682. The highest BCUT2D eigenvalue weighted by Crippen LogP contribution is 2.23. The van der Waals surface area contributed by atoms with E-state index in [1.165, 1.54) is 19.3 Å². The monoisotopic (exact) mass is 247 g/mol. The molecule has 2 heterocycles. The van der Waals surface area contributed by atoms with Crippen molar-refractivity contribution in [2.45, 2.75) is 39.5 Å². The van der Waals surface area contributed by atoms with Crippen molar-refractivity contribution in [3.05, 3.63) is 24.0 Å². The molecular formula is C14H21N3O. The molecule has 0 aliphatic rings. The first kappa shape index (κ1) is 12.7. The molecule has 2 rings (SSSR count). The minimum atomic E-state index is 0.682. The number of hydrogen-bond donors (Lipinski definition) is 1. The fourth-order valence-electron chi connectivity index (χ4n) is 2.00. The molecular weight excluding hydrogens is 226 g/mol. The Bertz CT molecular complexity index is 519. The third-order valence-corrected chi connectivity index (χ3v) is 3.09. The SMILES string of the molecule is CCCCCCOc1cccn2c(N)c(C)nc12. The summed E-state index contributed by atoms with van der Waals surface area (Å²) in [5, 5.41) is 0. The highest BCUT2D eigenvalue weighted by atomic mass is 16.5. The second-order valence-corrected chi connectivity index (χ2v) is 4.56. The van der Waals surface area contributed by atoms with Crippen LogP contribution in [0.25, 0.3) is 5.65 Å². The summed E-state index contributed by atoms with van der Waals surface area (Å²) in [5.41, 5.74) is 7.60. The van der Waals surface area contributed by atoms with Gasteiger partial charge in [0.1, 0.15) is 5.82 Å². The molecule has 0 fully saturated rings. The number of pyridine rings is 1. The number of aromatic nitrogens is 2. The zero-order valence-corrected chi connectivity index (χ0v) is 11.1. The van der Waals surface area contributed by atoms with Crippen molar-refractivity contribution in [3.63, 3.8) is 0 Å². The number of anilines is 1. The van der Waals surface area contributed by atoms with E-state index in [2.05, 4.69) is 11.9 Å². The first-order valence-electron chi connectivity index (χ1n) is 6.60. The lowest BCUT2D eigenvalue weighted by Crippen LogP contribution is -2.00. The van der Waals surface area contributed by atoms with Crippen LogP contribution in [0.2, 0.25) is 0 Å². The lowest BCUT2D eigenvalue weighted by atomic mass is 10.2. The molecule has 0 amide bonds. The molecule has 2 aromatic rings. The maximum atomic E-state index is 5.95. The van der Waals surface area contributed by atoms with Crippen molar-refractivity contribution in [3.8, 4) is 5.75 Å². The van der Waals surface area contributed by atoms with E-state index in [0.29, 0.717) is 5.82 Å². The Labute approximate surface area is 108 Å². The van der Waals surface area contributed by atoms with E-state index < -0.39 is 0 Å². The van der Waals surface area contributed by atoms with Crippen LogP contribution in [0.15, 0.2) is 18.3 Å². The molecule has 0 aliphatic heterocycles. The normalized spacial score (nSPS) is 11.0. The molecule has 4 heteroatoms. The number of unbranched alkanes of at least 4 members (excludes halogenated alkanes) is 3. The second-order valence-electron chi connectivity index (χ2n) is 4.56. The Morgan fingerprint density at radius 2 is 2.17 bits per heavy atom. The molecule has 0 unspecified atom stereocenters. The summed E-state index contributed by atoms with van der Waals surface area (Å²) < 4.78 is 7.67. The van der Waals surface area contributed by atoms with E-state index in [-0.39, 0.29) is 0 Å². The molecule has 18 heavy (non-hydrogen) atoms. The number of ether oxygens (including phenoxy) is 1. The van der Waals surface area contributed by atoms with Crippen molar-refractivity contribution in [1.82, 2.24) is 9.38 Å². The molecule has 0 radical (unpaired) electrons. The fraction of sp³-hybridized carbons (Fsp3) is 0.500. The van der Waals surface area contributed by atoms with E-state index in [0.717, 1.165) is 30.1 Å². The van der Waals surface area contributed by atoms with Gasteiger partial charge in [-0.05, 0) is 25.5 Å². The summed E-state index contributed by atoms with van der Waals surface area (Å²) in [6.45, 7) is 4.86. The van der Waals surface area contributed by atoms with Gasteiger partial charge in [-0.1, -0.05) is 26.2 Å². The van der Waals surface area contributed by atoms with E-state index in [1.807, 2.05) is 29.7 Å². The van der Waals surface area contributed by atoms with Gasteiger partial charge in [0, 0.05) is 6.20 Å². The minimum Gasteiger partial charge on any atom is -0.490 e. The van der Waals surface area contributed by atoms with Crippen LogP contribution in [-0.4, -0.2) is 16.0 Å². The Kier molecular flexibility index (Phi) is 4.07. The van der Waals surface area contributed by atoms with Crippen molar-refractivity contribution in [2.24, 2.45) is 0 Å². The summed E-state index contributed by atoms with van der Waals surface area (Å²) in [6, 6.07) is 3.88. The standard InChI is InChI=1S/C14H21N3O/c1-3-4-5-6-10-18-12-8-7-9-17-13(15)11(2)16-14(12)17/h7-9H,3-6,10,15H2,1-2H3. The lowest BCUT2D eigenvalue weighted by molar-refractivity contribution is 0.307. The van der Waals surface area contributed by atoms with E-state index in [4.69, 9.17) is 10.5 Å². The van der Waals surface area contributed by atoms with Crippen LogP contribution in [-0.2, 0) is 0 Å². The van der Waals surface area contributed by atoms with Crippen molar-refractivity contribution in [2.75, 3.05) is 12.3 Å². The van der Waals surface area contributed by atoms with Gasteiger partial charge in [-0.3, -0.25) is 4.40 Å². The van der Waals surface area contributed by atoms with Gasteiger partial charge in [-0.15, -0.1) is 0 Å². The van der Waals surface area contributed by atoms with Gasteiger partial charge < -0.3 is 10.5 Å². The average molecular weight is 247 g/mol. The van der Waals surface area contributed by atoms with Gasteiger partial charge in [0.25, 0.3) is 0 Å². The average Bonchev–Trinajstić information content (AvgIpc) is 2.66. The molecule has 2 N–H and O–H groups in total. The molecule has 98 valence electrons. The lowest BCUT2D eigenvalue weighted by Gasteiger charge is -2.07. The van der Waals surface area contributed by atoms with E-state index in [9.17, 15) is 0 Å². The Hall–Kier alpha value is -1.71. The first-order valence-corrected chi connectivity index (χ1v) is 6.60.